The van der Waals surface area contributed by atoms with E-state index in [0.29, 0.717) is 17.3 Å². The summed E-state index contributed by atoms with van der Waals surface area (Å²) < 4.78 is 6.12. The fourth-order valence-corrected chi connectivity index (χ4v) is 11.2. The Hall–Kier alpha value is -1.57. The fourth-order valence-electron chi connectivity index (χ4n) is 11.2. The van der Waals surface area contributed by atoms with Crippen molar-refractivity contribution >= 4 is 5.97 Å². The fraction of sp³-hybridized carbons (Fsp3) is 0.809. The van der Waals surface area contributed by atoms with Crippen LogP contribution in [0.1, 0.15) is 189 Å². The molecule has 3 fully saturated rings. The van der Waals surface area contributed by atoms with Crippen molar-refractivity contribution in [1.29, 1.82) is 0 Å². The van der Waals surface area contributed by atoms with Gasteiger partial charge in [0, 0.05) is 12.8 Å². The number of ether oxygens (including phenoxy) is 1. The van der Waals surface area contributed by atoms with E-state index in [1.54, 1.807) is 5.57 Å². The number of carbonyl (C=O) groups excluding carboxylic acids is 1. The molecule has 8 atom stereocenters. The van der Waals surface area contributed by atoms with Crippen molar-refractivity contribution in [3.8, 4) is 0 Å². The average Bonchev–Trinajstić information content (AvgIpc) is 3.43. The first-order valence-corrected chi connectivity index (χ1v) is 21.5. The molecule has 0 spiro atoms. The molecule has 3 saturated carbocycles. The minimum atomic E-state index is 0.0401. The van der Waals surface area contributed by atoms with Gasteiger partial charge in [0.25, 0.3) is 0 Å². The van der Waals surface area contributed by atoms with Crippen LogP contribution >= 0.6 is 0 Å². The number of fused-ring (bicyclic) bond motifs is 5. The molecule has 2 nitrogen and oxygen atoms in total. The van der Waals surface area contributed by atoms with Crippen LogP contribution in [0.2, 0.25) is 0 Å². The topological polar surface area (TPSA) is 26.3 Å². The van der Waals surface area contributed by atoms with Crippen molar-refractivity contribution in [3.05, 3.63) is 48.1 Å². The molecule has 0 N–H and O–H groups in total. The lowest BCUT2D eigenvalue weighted by atomic mass is 9.47. The molecular formula is C47H78O2. The Balaban J connectivity index is 1.11. The van der Waals surface area contributed by atoms with Crippen LogP contribution in [0.3, 0.4) is 0 Å². The lowest BCUT2D eigenvalue weighted by Gasteiger charge is -2.58. The number of rotatable bonds is 21. The summed E-state index contributed by atoms with van der Waals surface area (Å²) >= 11 is 0. The van der Waals surface area contributed by atoms with Crippen molar-refractivity contribution in [2.24, 2.45) is 46.3 Å². The molecular weight excluding hydrogens is 597 g/mol. The van der Waals surface area contributed by atoms with Gasteiger partial charge >= 0.3 is 5.97 Å². The molecule has 0 unspecified atom stereocenters. The van der Waals surface area contributed by atoms with Gasteiger partial charge in [-0.1, -0.05) is 135 Å². The smallest absolute Gasteiger partial charge is 0.306 e. The molecule has 0 aromatic heterocycles. The van der Waals surface area contributed by atoms with Gasteiger partial charge in [0.15, 0.2) is 0 Å². The van der Waals surface area contributed by atoms with Crippen LogP contribution in [0.15, 0.2) is 48.1 Å². The Morgan fingerprint density at radius 1 is 0.796 bits per heavy atom. The third-order valence-corrected chi connectivity index (χ3v) is 14.1. The molecule has 0 aromatic carbocycles. The molecule has 0 aliphatic heterocycles. The quantitative estimate of drug-likeness (QED) is 0.0688. The molecule has 278 valence electrons. The molecule has 0 saturated heterocycles. The molecule has 4 aliphatic carbocycles. The van der Waals surface area contributed by atoms with Crippen LogP contribution in [-0.4, -0.2) is 12.1 Å². The van der Waals surface area contributed by atoms with Crippen molar-refractivity contribution in [2.45, 2.75) is 195 Å². The minimum Gasteiger partial charge on any atom is -0.462 e. The largest absolute Gasteiger partial charge is 0.462 e. The Bertz CT molecular complexity index is 1090. The normalized spacial score (nSPS) is 32.1. The Kier molecular flexibility index (Phi) is 16.8. The maximum absolute atomic E-state index is 12.8. The van der Waals surface area contributed by atoms with Gasteiger partial charge in [-0.25, -0.2) is 0 Å². The average molecular weight is 675 g/mol. The van der Waals surface area contributed by atoms with E-state index >= 15 is 0 Å². The van der Waals surface area contributed by atoms with Crippen LogP contribution in [0.5, 0.6) is 0 Å². The zero-order valence-corrected chi connectivity index (χ0v) is 33.2. The maximum atomic E-state index is 12.8. The zero-order chi connectivity index (χ0) is 35.1. The zero-order valence-electron chi connectivity index (χ0n) is 33.2. The van der Waals surface area contributed by atoms with E-state index in [9.17, 15) is 4.79 Å². The van der Waals surface area contributed by atoms with Gasteiger partial charge in [-0.3, -0.25) is 4.79 Å². The Morgan fingerprint density at radius 2 is 1.49 bits per heavy atom. The Morgan fingerprint density at radius 3 is 2.20 bits per heavy atom. The SMILES string of the molecule is CCCCCC=CCC=CCC=CCCCCCCC(=O)O[C@H]1CC[C@@]2(C)C(=CC[C@H]3[C@@H]4CC[C@H]([C@H](C)CCCC(C)C)[C@@]4(C)CC[C@@H]32)C1. The van der Waals surface area contributed by atoms with E-state index in [0.717, 1.165) is 80.5 Å². The first-order valence-electron chi connectivity index (χ1n) is 21.5. The van der Waals surface area contributed by atoms with Gasteiger partial charge in [0.2, 0.25) is 0 Å². The summed E-state index contributed by atoms with van der Waals surface area (Å²) in [4.78, 5) is 12.8. The highest BCUT2D eigenvalue weighted by molar-refractivity contribution is 5.69. The summed E-state index contributed by atoms with van der Waals surface area (Å²) in [5, 5.41) is 0. The summed E-state index contributed by atoms with van der Waals surface area (Å²) in [6.07, 6.45) is 44.6. The highest BCUT2D eigenvalue weighted by Crippen LogP contribution is 2.67. The molecule has 0 amide bonds. The number of esters is 1. The van der Waals surface area contributed by atoms with Gasteiger partial charge in [0.1, 0.15) is 6.10 Å². The van der Waals surface area contributed by atoms with E-state index < -0.39 is 0 Å². The second kappa shape index (κ2) is 20.5. The lowest BCUT2D eigenvalue weighted by molar-refractivity contribution is -0.151. The minimum absolute atomic E-state index is 0.0401. The van der Waals surface area contributed by atoms with E-state index in [2.05, 4.69) is 84.1 Å². The van der Waals surface area contributed by atoms with Gasteiger partial charge in [-0.2, -0.15) is 0 Å². The predicted octanol–water partition coefficient (Wildman–Crippen LogP) is 14.3. The van der Waals surface area contributed by atoms with Crippen LogP contribution in [0.25, 0.3) is 0 Å². The summed E-state index contributed by atoms with van der Waals surface area (Å²) in [5.74, 6) is 5.27. The van der Waals surface area contributed by atoms with E-state index in [-0.39, 0.29) is 12.1 Å². The molecule has 4 aliphatic rings. The van der Waals surface area contributed by atoms with Crippen LogP contribution in [0.4, 0.5) is 0 Å². The standard InChI is InChI=1S/C47H78O2/c1-7-8-9-10-11-12-13-14-15-16-17-18-19-20-21-22-23-27-45(48)49-40-32-34-46(5)39(36-40)28-29-41-43-31-30-42(38(4)26-24-25-37(2)3)47(43,6)35-33-44(41)46/h11-12,14-15,17-18,28,37-38,40-44H,7-10,13,16,19-27,29-36H2,1-6H3/t38-,40+,41+,42-,43+,44+,46+,47-/m1/s1. The third-order valence-electron chi connectivity index (χ3n) is 14.1. The monoisotopic (exact) mass is 675 g/mol. The second-order valence-corrected chi connectivity index (χ2v) is 18.0. The highest BCUT2D eigenvalue weighted by atomic mass is 16.5. The lowest BCUT2D eigenvalue weighted by Crippen LogP contribution is -2.51. The summed E-state index contributed by atoms with van der Waals surface area (Å²) in [6.45, 7) is 14.9. The van der Waals surface area contributed by atoms with Crippen LogP contribution < -0.4 is 0 Å². The number of carbonyl (C=O) groups is 1. The summed E-state index contributed by atoms with van der Waals surface area (Å²) in [5.41, 5.74) is 2.51. The summed E-state index contributed by atoms with van der Waals surface area (Å²) in [6, 6.07) is 0. The maximum Gasteiger partial charge on any atom is 0.306 e. The van der Waals surface area contributed by atoms with Gasteiger partial charge in [-0.15, -0.1) is 0 Å². The van der Waals surface area contributed by atoms with Crippen LogP contribution in [-0.2, 0) is 9.53 Å². The molecule has 2 heteroatoms. The van der Waals surface area contributed by atoms with E-state index in [1.807, 2.05) is 0 Å². The van der Waals surface area contributed by atoms with E-state index in [4.69, 9.17) is 4.74 Å². The van der Waals surface area contributed by atoms with Crippen molar-refractivity contribution in [1.82, 2.24) is 0 Å². The first kappa shape index (κ1) is 40.2. The predicted molar refractivity (Wildman–Crippen MR) is 211 cm³/mol. The number of hydrogen-bond acceptors (Lipinski definition) is 2. The molecule has 0 heterocycles. The van der Waals surface area contributed by atoms with Gasteiger partial charge in [0.05, 0.1) is 0 Å². The molecule has 0 radical (unpaired) electrons. The van der Waals surface area contributed by atoms with Crippen LogP contribution in [0, 0.1) is 46.3 Å². The molecule has 0 bridgehead atoms. The van der Waals surface area contributed by atoms with Crippen molar-refractivity contribution in [2.75, 3.05) is 0 Å². The number of allylic oxidation sites excluding steroid dienone is 7. The summed E-state index contributed by atoms with van der Waals surface area (Å²) in [7, 11) is 0. The van der Waals surface area contributed by atoms with Crippen molar-refractivity contribution < 1.29 is 9.53 Å². The molecule has 49 heavy (non-hydrogen) atoms. The number of hydrogen-bond donors (Lipinski definition) is 0. The number of unbranched alkanes of at least 4 members (excludes halogenated alkanes) is 7. The highest BCUT2D eigenvalue weighted by Gasteiger charge is 2.59. The van der Waals surface area contributed by atoms with Gasteiger partial charge in [-0.05, 0) is 136 Å². The molecule has 4 rings (SSSR count). The second-order valence-electron chi connectivity index (χ2n) is 18.0. The first-order chi connectivity index (χ1) is 23.7. The van der Waals surface area contributed by atoms with Gasteiger partial charge < -0.3 is 4.74 Å². The molecule has 0 aromatic rings. The Labute approximate surface area is 304 Å². The third kappa shape index (κ3) is 11.5. The van der Waals surface area contributed by atoms with E-state index in [1.165, 1.54) is 96.3 Å². The van der Waals surface area contributed by atoms with Crippen molar-refractivity contribution in [3.63, 3.8) is 0 Å².